The molecule has 0 bridgehead atoms. The molecule has 1 aromatic rings. The molecule has 0 N–H and O–H groups in total. The van der Waals surface area contributed by atoms with Crippen LogP contribution in [0.1, 0.15) is 26.3 Å². The lowest BCUT2D eigenvalue weighted by Gasteiger charge is -2.59. The number of amides is 1. The highest BCUT2D eigenvalue weighted by Crippen LogP contribution is 2.40. The first-order chi connectivity index (χ1) is 10.9. The van der Waals surface area contributed by atoms with Crippen molar-refractivity contribution >= 4 is 12.2 Å². The molecule has 2 heterocycles. The maximum absolute atomic E-state index is 12.0. The molecule has 0 unspecified atom stereocenters. The van der Waals surface area contributed by atoms with E-state index in [1.165, 1.54) is 5.56 Å². The highest BCUT2D eigenvalue weighted by atomic mass is 16.6. The number of hydrogen-bond donors (Lipinski definition) is 0. The van der Waals surface area contributed by atoms with Crippen molar-refractivity contribution in [2.75, 3.05) is 32.7 Å². The molecule has 4 nitrogen and oxygen atoms in total. The van der Waals surface area contributed by atoms with Crippen LogP contribution in [0.4, 0.5) is 4.79 Å². The minimum Gasteiger partial charge on any atom is -0.444 e. The zero-order valence-corrected chi connectivity index (χ0v) is 14.3. The topological polar surface area (TPSA) is 32.8 Å². The Balaban J connectivity index is 1.38. The second-order valence-electron chi connectivity index (χ2n) is 7.82. The summed E-state index contributed by atoms with van der Waals surface area (Å²) in [6, 6.07) is 10.4. The van der Waals surface area contributed by atoms with Gasteiger partial charge in [-0.1, -0.05) is 42.5 Å². The van der Waals surface area contributed by atoms with Crippen LogP contribution in [0.5, 0.6) is 0 Å². The van der Waals surface area contributed by atoms with Gasteiger partial charge in [0.1, 0.15) is 5.60 Å². The van der Waals surface area contributed by atoms with E-state index in [1.807, 2.05) is 31.7 Å². The van der Waals surface area contributed by atoms with Gasteiger partial charge in [-0.25, -0.2) is 4.79 Å². The molecule has 2 saturated heterocycles. The Morgan fingerprint density at radius 1 is 1.17 bits per heavy atom. The molecule has 4 heteroatoms. The van der Waals surface area contributed by atoms with Crippen LogP contribution in [0.15, 0.2) is 36.4 Å². The summed E-state index contributed by atoms with van der Waals surface area (Å²) in [7, 11) is 0. The van der Waals surface area contributed by atoms with Crippen molar-refractivity contribution in [1.29, 1.82) is 0 Å². The van der Waals surface area contributed by atoms with Gasteiger partial charge in [0.25, 0.3) is 0 Å². The van der Waals surface area contributed by atoms with Crippen LogP contribution in [0.2, 0.25) is 0 Å². The average molecular weight is 314 g/mol. The highest BCUT2D eigenvalue weighted by molar-refractivity contribution is 5.69. The smallest absolute Gasteiger partial charge is 0.410 e. The summed E-state index contributed by atoms with van der Waals surface area (Å²) in [5.41, 5.74) is 1.15. The summed E-state index contributed by atoms with van der Waals surface area (Å²) in [4.78, 5) is 16.2. The van der Waals surface area contributed by atoms with Crippen molar-refractivity contribution in [3.8, 4) is 0 Å². The van der Waals surface area contributed by atoms with Crippen molar-refractivity contribution in [3.05, 3.63) is 42.0 Å². The Hall–Kier alpha value is -1.81. The van der Waals surface area contributed by atoms with Gasteiger partial charge in [-0.2, -0.15) is 0 Å². The maximum atomic E-state index is 12.0. The summed E-state index contributed by atoms with van der Waals surface area (Å²) in [5.74, 6) is 0. The van der Waals surface area contributed by atoms with Gasteiger partial charge in [-0.05, 0) is 26.3 Å². The molecular weight excluding hydrogens is 288 g/mol. The molecule has 23 heavy (non-hydrogen) atoms. The van der Waals surface area contributed by atoms with Crippen LogP contribution >= 0.6 is 0 Å². The number of ether oxygens (including phenoxy) is 1. The van der Waals surface area contributed by atoms with Crippen LogP contribution in [-0.4, -0.2) is 54.2 Å². The van der Waals surface area contributed by atoms with Gasteiger partial charge in [-0.15, -0.1) is 0 Å². The van der Waals surface area contributed by atoms with Crippen LogP contribution in [0, 0.1) is 5.41 Å². The number of likely N-dealkylation sites (tertiary alicyclic amines) is 2. The minimum atomic E-state index is -0.409. The van der Waals surface area contributed by atoms with E-state index in [0.29, 0.717) is 5.41 Å². The number of carbonyl (C=O) groups is 1. The summed E-state index contributed by atoms with van der Waals surface area (Å²) in [6.07, 6.45) is 4.20. The molecule has 2 aliphatic heterocycles. The molecule has 0 aliphatic carbocycles. The van der Waals surface area contributed by atoms with E-state index in [9.17, 15) is 4.79 Å². The van der Waals surface area contributed by atoms with Crippen LogP contribution < -0.4 is 0 Å². The fourth-order valence-electron chi connectivity index (χ4n) is 3.35. The van der Waals surface area contributed by atoms with Gasteiger partial charge in [0, 0.05) is 38.1 Å². The zero-order valence-electron chi connectivity index (χ0n) is 14.3. The minimum absolute atomic E-state index is 0.175. The average Bonchev–Trinajstić information content (AvgIpc) is 2.38. The van der Waals surface area contributed by atoms with Crippen LogP contribution in [-0.2, 0) is 4.74 Å². The fraction of sp³-hybridized carbons (Fsp3) is 0.526. The van der Waals surface area contributed by atoms with Gasteiger partial charge in [-0.3, -0.25) is 4.90 Å². The molecule has 1 aromatic carbocycles. The standard InChI is InChI=1S/C19H26N2O2/c1-18(2,3)23-17(22)21-14-19(15-21)12-20(13-19)11-7-10-16-8-5-4-6-9-16/h4-10H,11-15H2,1-3H3. The molecule has 1 amide bonds. The Labute approximate surface area is 138 Å². The maximum Gasteiger partial charge on any atom is 0.410 e. The Morgan fingerprint density at radius 2 is 1.83 bits per heavy atom. The Kier molecular flexibility index (Phi) is 4.19. The lowest BCUT2D eigenvalue weighted by Crippen LogP contribution is -2.72. The van der Waals surface area contributed by atoms with E-state index in [2.05, 4.69) is 41.3 Å². The molecule has 124 valence electrons. The molecular formula is C19H26N2O2. The first kappa shape index (κ1) is 16.1. The third-order valence-corrected chi connectivity index (χ3v) is 4.30. The van der Waals surface area contributed by atoms with Crippen LogP contribution in [0.3, 0.4) is 0 Å². The lowest BCUT2D eigenvalue weighted by molar-refractivity contribution is -0.108. The van der Waals surface area contributed by atoms with Crippen molar-refractivity contribution in [1.82, 2.24) is 9.80 Å². The first-order valence-corrected chi connectivity index (χ1v) is 8.27. The zero-order chi connectivity index (χ0) is 16.5. The number of nitrogens with zero attached hydrogens (tertiary/aromatic N) is 2. The van der Waals surface area contributed by atoms with Crippen molar-refractivity contribution < 1.29 is 9.53 Å². The van der Waals surface area contributed by atoms with Crippen molar-refractivity contribution in [2.45, 2.75) is 26.4 Å². The SMILES string of the molecule is CC(C)(C)OC(=O)N1CC2(CN(CC=Cc3ccccc3)C2)C1. The van der Waals surface area contributed by atoms with E-state index in [0.717, 1.165) is 32.7 Å². The molecule has 0 atom stereocenters. The van der Waals surface area contributed by atoms with E-state index >= 15 is 0 Å². The van der Waals surface area contributed by atoms with E-state index in [4.69, 9.17) is 4.74 Å². The number of rotatable bonds is 3. The third-order valence-electron chi connectivity index (χ3n) is 4.30. The number of benzene rings is 1. The van der Waals surface area contributed by atoms with Crippen LogP contribution in [0.25, 0.3) is 6.08 Å². The van der Waals surface area contributed by atoms with Gasteiger partial charge in [0.2, 0.25) is 0 Å². The second-order valence-corrected chi connectivity index (χ2v) is 7.82. The molecule has 3 rings (SSSR count). The van der Waals surface area contributed by atoms with E-state index in [1.54, 1.807) is 0 Å². The molecule has 0 saturated carbocycles. The predicted molar refractivity (Wildman–Crippen MR) is 92.2 cm³/mol. The van der Waals surface area contributed by atoms with Crippen molar-refractivity contribution in [2.24, 2.45) is 5.41 Å². The third kappa shape index (κ3) is 3.94. The van der Waals surface area contributed by atoms with Gasteiger partial charge in [0.05, 0.1) is 0 Å². The fourth-order valence-corrected chi connectivity index (χ4v) is 3.35. The number of hydrogen-bond acceptors (Lipinski definition) is 3. The predicted octanol–water partition coefficient (Wildman–Crippen LogP) is 3.25. The van der Waals surface area contributed by atoms with Gasteiger partial charge < -0.3 is 9.64 Å². The molecule has 2 fully saturated rings. The van der Waals surface area contributed by atoms with Crippen molar-refractivity contribution in [3.63, 3.8) is 0 Å². The highest BCUT2D eigenvalue weighted by Gasteiger charge is 2.53. The largest absolute Gasteiger partial charge is 0.444 e. The second kappa shape index (κ2) is 6.00. The van der Waals surface area contributed by atoms with E-state index in [-0.39, 0.29) is 6.09 Å². The number of carbonyl (C=O) groups excluding carboxylic acids is 1. The van der Waals surface area contributed by atoms with Gasteiger partial charge >= 0.3 is 6.09 Å². The quantitative estimate of drug-likeness (QED) is 0.858. The first-order valence-electron chi connectivity index (χ1n) is 8.27. The molecule has 0 radical (unpaired) electrons. The lowest BCUT2D eigenvalue weighted by atomic mass is 9.73. The Morgan fingerprint density at radius 3 is 2.43 bits per heavy atom. The van der Waals surface area contributed by atoms with E-state index < -0.39 is 5.60 Å². The summed E-state index contributed by atoms with van der Waals surface area (Å²) < 4.78 is 5.41. The normalized spacial score (nSPS) is 20.4. The Bertz CT molecular complexity index is 575. The summed E-state index contributed by atoms with van der Waals surface area (Å²) in [5, 5.41) is 0. The molecule has 2 aliphatic rings. The summed E-state index contributed by atoms with van der Waals surface area (Å²) in [6.45, 7) is 10.5. The molecule has 1 spiro atoms. The molecule has 0 aromatic heterocycles. The van der Waals surface area contributed by atoms with Gasteiger partial charge in [0.15, 0.2) is 0 Å². The summed E-state index contributed by atoms with van der Waals surface area (Å²) >= 11 is 0. The monoisotopic (exact) mass is 314 g/mol.